The predicted molar refractivity (Wildman–Crippen MR) is 131 cm³/mol. The maximum absolute atomic E-state index is 13.2. The molecule has 5 heteroatoms. The molecule has 0 atom stereocenters. The maximum atomic E-state index is 13.2. The van der Waals surface area contributed by atoms with Gasteiger partial charge in [-0.3, -0.25) is 0 Å². The Morgan fingerprint density at radius 1 is 0.871 bits per heavy atom. The summed E-state index contributed by atoms with van der Waals surface area (Å²) in [6, 6.07) is 30.6. The first-order valence-electron chi connectivity index (χ1n) is 10.2. The highest BCUT2D eigenvalue weighted by Gasteiger charge is 2.42. The quantitative estimate of drug-likeness (QED) is 0.133. The molecule has 0 spiro atoms. The Bertz CT molecular complexity index is 1050. The lowest BCUT2D eigenvalue weighted by Gasteiger charge is -2.37. The van der Waals surface area contributed by atoms with Crippen LogP contribution in [0, 0.1) is 0 Å². The molecule has 4 aromatic rings. The molecular formula is C26H23IN2O2. The minimum absolute atomic E-state index is 0.305. The van der Waals surface area contributed by atoms with Crippen LogP contribution in [-0.4, -0.2) is 22.4 Å². The zero-order chi connectivity index (χ0) is 21.7. The van der Waals surface area contributed by atoms with Crippen LogP contribution in [0.15, 0.2) is 97.2 Å². The first kappa shape index (κ1) is 21.3. The van der Waals surface area contributed by atoms with Gasteiger partial charge >= 0.3 is 5.97 Å². The zero-order valence-corrected chi connectivity index (χ0v) is 19.4. The van der Waals surface area contributed by atoms with E-state index in [9.17, 15) is 4.79 Å². The molecule has 0 aliphatic carbocycles. The molecule has 0 radical (unpaired) electrons. The van der Waals surface area contributed by atoms with Gasteiger partial charge < -0.3 is 4.74 Å². The van der Waals surface area contributed by atoms with Crippen LogP contribution in [0.25, 0.3) is 0 Å². The van der Waals surface area contributed by atoms with Crippen molar-refractivity contribution in [3.8, 4) is 0 Å². The van der Waals surface area contributed by atoms with E-state index < -0.39 is 5.54 Å². The molecule has 31 heavy (non-hydrogen) atoms. The van der Waals surface area contributed by atoms with E-state index in [-0.39, 0.29) is 5.97 Å². The molecule has 4 rings (SSSR count). The predicted octanol–water partition coefficient (Wildman–Crippen LogP) is 5.84. The first-order valence-corrected chi connectivity index (χ1v) is 11.7. The van der Waals surface area contributed by atoms with Gasteiger partial charge in [0.05, 0.1) is 12.8 Å². The lowest BCUT2D eigenvalue weighted by atomic mass is 9.77. The molecule has 1 heterocycles. The van der Waals surface area contributed by atoms with Gasteiger partial charge in [0.1, 0.15) is 5.54 Å². The number of esters is 1. The molecule has 0 saturated carbocycles. The van der Waals surface area contributed by atoms with Crippen LogP contribution in [0.2, 0.25) is 0 Å². The average molecular weight is 522 g/mol. The van der Waals surface area contributed by atoms with E-state index in [1.165, 1.54) is 0 Å². The maximum Gasteiger partial charge on any atom is 0.356 e. The second-order valence-electron chi connectivity index (χ2n) is 7.09. The number of rotatable bonds is 7. The highest BCUT2D eigenvalue weighted by molar-refractivity contribution is 14.1. The van der Waals surface area contributed by atoms with Crippen LogP contribution < -0.4 is 0 Å². The van der Waals surface area contributed by atoms with Crippen molar-refractivity contribution < 1.29 is 9.53 Å². The van der Waals surface area contributed by atoms with Crippen molar-refractivity contribution in [2.75, 3.05) is 6.61 Å². The molecule has 0 unspecified atom stereocenters. The van der Waals surface area contributed by atoms with Gasteiger partial charge in [-0.05, 0) is 23.6 Å². The fourth-order valence-corrected chi connectivity index (χ4v) is 4.61. The monoisotopic (exact) mass is 522 g/mol. The van der Waals surface area contributed by atoms with E-state index in [1.807, 2.05) is 66.2 Å². The molecule has 0 aliphatic heterocycles. The Morgan fingerprint density at radius 3 is 1.71 bits per heavy atom. The number of hydrogen-bond donors (Lipinski definition) is 0. The Labute approximate surface area is 196 Å². The fraction of sp³-hybridized carbons (Fsp3) is 0.154. The van der Waals surface area contributed by atoms with Crippen LogP contribution in [-0.2, 0) is 14.7 Å². The van der Waals surface area contributed by atoms with Crippen LogP contribution in [0.1, 0.15) is 39.7 Å². The summed E-state index contributed by atoms with van der Waals surface area (Å²) in [7, 11) is 0. The highest BCUT2D eigenvalue weighted by atomic mass is 127. The molecule has 0 N–H and O–H groups in total. The molecule has 3 aromatic carbocycles. The van der Waals surface area contributed by atoms with Crippen molar-refractivity contribution in [3.05, 3.63) is 125 Å². The number of ether oxygens (including phenoxy) is 1. The number of carbonyl (C=O) groups excluding carboxylic acids is 1. The Kier molecular flexibility index (Phi) is 6.51. The lowest BCUT2D eigenvalue weighted by Crippen LogP contribution is -2.40. The summed E-state index contributed by atoms with van der Waals surface area (Å²) < 4.78 is 7.97. The van der Waals surface area contributed by atoms with Crippen LogP contribution >= 0.6 is 22.6 Å². The van der Waals surface area contributed by atoms with Gasteiger partial charge in [-0.15, -0.1) is 0 Å². The van der Waals surface area contributed by atoms with E-state index in [0.29, 0.717) is 16.7 Å². The number of halogens is 1. The van der Waals surface area contributed by atoms with Crippen LogP contribution in [0.3, 0.4) is 0 Å². The number of alkyl halides is 1. The minimum atomic E-state index is -0.837. The van der Waals surface area contributed by atoms with Gasteiger partial charge in [0.25, 0.3) is 0 Å². The first-order chi connectivity index (χ1) is 15.2. The standard InChI is InChI=1S/C26H23IN2O2/c1-2-31-25(30)24-20(18-27)19-28-29(24)26(21-12-6-3-7-13-21,22-14-8-4-9-15-22)23-16-10-5-11-17-23/h3-17,19H,2,18H2,1H3. The van der Waals surface area contributed by atoms with Gasteiger partial charge in [-0.2, -0.15) is 5.10 Å². The molecule has 156 valence electrons. The largest absolute Gasteiger partial charge is 0.461 e. The van der Waals surface area contributed by atoms with Gasteiger partial charge in [0.2, 0.25) is 0 Å². The smallest absolute Gasteiger partial charge is 0.356 e. The molecule has 0 saturated heterocycles. The second kappa shape index (κ2) is 9.47. The summed E-state index contributed by atoms with van der Waals surface area (Å²) >= 11 is 2.27. The summed E-state index contributed by atoms with van der Waals surface area (Å²) in [6.07, 6.45) is 1.78. The van der Waals surface area contributed by atoms with Crippen molar-refractivity contribution in [1.29, 1.82) is 0 Å². The zero-order valence-electron chi connectivity index (χ0n) is 17.2. The second-order valence-corrected chi connectivity index (χ2v) is 7.86. The van der Waals surface area contributed by atoms with Crippen molar-refractivity contribution in [3.63, 3.8) is 0 Å². The third-order valence-electron chi connectivity index (χ3n) is 5.35. The van der Waals surface area contributed by atoms with E-state index in [4.69, 9.17) is 9.84 Å². The number of nitrogens with zero attached hydrogens (tertiary/aromatic N) is 2. The van der Waals surface area contributed by atoms with E-state index >= 15 is 0 Å². The van der Waals surface area contributed by atoms with Gasteiger partial charge in [-0.1, -0.05) is 114 Å². The lowest BCUT2D eigenvalue weighted by molar-refractivity contribution is 0.0507. The summed E-state index contributed by atoms with van der Waals surface area (Å²) in [5.41, 5.74) is 3.54. The fourth-order valence-electron chi connectivity index (χ4n) is 4.06. The van der Waals surface area contributed by atoms with Crippen molar-refractivity contribution >= 4 is 28.6 Å². The van der Waals surface area contributed by atoms with Gasteiger partial charge in [-0.25, -0.2) is 9.48 Å². The summed E-state index contributed by atoms with van der Waals surface area (Å²) in [5.74, 6) is -0.362. The SMILES string of the molecule is CCOC(=O)c1c(CI)cnn1C(c1ccccc1)(c1ccccc1)c1ccccc1. The molecule has 0 amide bonds. The number of carbonyl (C=O) groups is 1. The third kappa shape index (κ3) is 3.78. The molecule has 0 bridgehead atoms. The van der Waals surface area contributed by atoms with Gasteiger partial charge in [0, 0.05) is 9.99 Å². The molecule has 1 aromatic heterocycles. The average Bonchev–Trinajstić information content (AvgIpc) is 3.26. The summed E-state index contributed by atoms with van der Waals surface area (Å²) in [6.45, 7) is 2.13. The van der Waals surface area contributed by atoms with Crippen molar-refractivity contribution in [2.45, 2.75) is 16.9 Å². The van der Waals surface area contributed by atoms with Crippen LogP contribution in [0.4, 0.5) is 0 Å². The van der Waals surface area contributed by atoms with Gasteiger partial charge in [0.15, 0.2) is 5.69 Å². The Hall–Kier alpha value is -2.93. The van der Waals surface area contributed by atoms with E-state index in [0.717, 1.165) is 22.3 Å². The topological polar surface area (TPSA) is 44.1 Å². The normalized spacial score (nSPS) is 11.3. The minimum Gasteiger partial charge on any atom is -0.461 e. The summed E-state index contributed by atoms with van der Waals surface area (Å²) in [4.78, 5) is 13.2. The molecule has 0 fully saturated rings. The van der Waals surface area contributed by atoms with Crippen molar-refractivity contribution in [1.82, 2.24) is 9.78 Å². The van der Waals surface area contributed by atoms with Crippen LogP contribution in [0.5, 0.6) is 0 Å². The van der Waals surface area contributed by atoms with E-state index in [2.05, 4.69) is 59.0 Å². The molecular weight excluding hydrogens is 499 g/mol. The van der Waals surface area contributed by atoms with Crippen molar-refractivity contribution in [2.24, 2.45) is 0 Å². The van der Waals surface area contributed by atoms with E-state index in [1.54, 1.807) is 6.20 Å². The summed E-state index contributed by atoms with van der Waals surface area (Å²) in [5, 5.41) is 4.80. The number of aromatic nitrogens is 2. The Morgan fingerprint density at radius 2 is 1.32 bits per heavy atom. The Balaban J connectivity index is 2.15. The molecule has 0 aliphatic rings. The number of benzene rings is 3. The molecule has 4 nitrogen and oxygen atoms in total. The number of hydrogen-bond acceptors (Lipinski definition) is 3. The highest BCUT2D eigenvalue weighted by Crippen LogP contribution is 2.41. The third-order valence-corrected chi connectivity index (χ3v) is 6.17.